The van der Waals surface area contributed by atoms with Crippen molar-refractivity contribution in [2.75, 3.05) is 6.54 Å². The summed E-state index contributed by atoms with van der Waals surface area (Å²) < 4.78 is 7.90. The van der Waals surface area contributed by atoms with Gasteiger partial charge in [0.15, 0.2) is 5.75 Å². The third kappa shape index (κ3) is 4.65. The summed E-state index contributed by atoms with van der Waals surface area (Å²) in [5.41, 5.74) is 14.5. The van der Waals surface area contributed by atoms with E-state index in [-0.39, 0.29) is 11.9 Å². The number of primary amides is 2. The molecule has 2 saturated carbocycles. The van der Waals surface area contributed by atoms with Gasteiger partial charge < -0.3 is 30.9 Å². The molecule has 10 nitrogen and oxygen atoms in total. The van der Waals surface area contributed by atoms with Gasteiger partial charge in [-0.05, 0) is 48.8 Å². The maximum Gasteiger partial charge on any atom is 0.423 e. The van der Waals surface area contributed by atoms with Gasteiger partial charge in [-0.2, -0.15) is 0 Å². The standard InChI is InChI=1S/C26H33N5O5/c1-26(2,3)22-20-21(35-24(27)33)18(14-4-8-16(9-5-14)23(32)29-17-10-11-17)19(15-6-7-15)30(20)12-13-31(22)36-25(28)34/h4-5,8-9,15,17,22H,6-7,10-13H2,1-3H3,(H2,27,33)(H2,28,34)(H,29,32). The summed E-state index contributed by atoms with van der Waals surface area (Å²) in [4.78, 5) is 41.7. The fourth-order valence-corrected chi connectivity index (χ4v) is 5.21. The summed E-state index contributed by atoms with van der Waals surface area (Å²) in [6, 6.07) is 7.17. The first kappa shape index (κ1) is 24.2. The highest BCUT2D eigenvalue weighted by Gasteiger charge is 2.46. The molecule has 2 heterocycles. The Morgan fingerprint density at radius 3 is 2.14 bits per heavy atom. The minimum Gasteiger partial charge on any atom is -0.408 e. The quantitative estimate of drug-likeness (QED) is 0.556. The van der Waals surface area contributed by atoms with E-state index in [1.165, 1.54) is 0 Å². The number of carbonyl (C=O) groups is 3. The third-order valence-corrected chi connectivity index (χ3v) is 6.93. The van der Waals surface area contributed by atoms with E-state index in [0.717, 1.165) is 48.2 Å². The Balaban J connectivity index is 1.65. The number of ether oxygens (including phenoxy) is 1. The lowest BCUT2D eigenvalue weighted by Gasteiger charge is -2.42. The number of nitrogens with two attached hydrogens (primary N) is 2. The lowest BCUT2D eigenvalue weighted by molar-refractivity contribution is -0.168. The average Bonchev–Trinajstić information content (AvgIpc) is 3.72. The third-order valence-electron chi connectivity index (χ3n) is 6.93. The highest BCUT2D eigenvalue weighted by atomic mass is 16.7. The van der Waals surface area contributed by atoms with Crippen molar-refractivity contribution in [3.8, 4) is 16.9 Å². The predicted octanol–water partition coefficient (Wildman–Crippen LogP) is 3.80. The van der Waals surface area contributed by atoms with Gasteiger partial charge in [0.2, 0.25) is 0 Å². The largest absolute Gasteiger partial charge is 0.423 e. The van der Waals surface area contributed by atoms with Gasteiger partial charge in [0.1, 0.15) is 0 Å². The van der Waals surface area contributed by atoms with Gasteiger partial charge in [-0.15, -0.1) is 5.06 Å². The molecular formula is C26H33N5O5. The number of carbonyl (C=O) groups excluding carboxylic acids is 3. The first-order valence-electron chi connectivity index (χ1n) is 12.4. The molecule has 2 aliphatic carbocycles. The van der Waals surface area contributed by atoms with Crippen LogP contribution in [0.5, 0.6) is 5.75 Å². The Kier molecular flexibility index (Phi) is 5.94. The van der Waals surface area contributed by atoms with E-state index in [2.05, 4.69) is 9.88 Å². The topological polar surface area (TPSA) is 142 Å². The Labute approximate surface area is 209 Å². The van der Waals surface area contributed by atoms with Crippen molar-refractivity contribution < 1.29 is 24.0 Å². The molecule has 5 N–H and O–H groups in total. The molecule has 192 valence electrons. The molecule has 3 aliphatic rings. The summed E-state index contributed by atoms with van der Waals surface area (Å²) in [5.74, 6) is 0.576. The number of amides is 3. The average molecular weight is 496 g/mol. The van der Waals surface area contributed by atoms with Gasteiger partial charge in [-0.1, -0.05) is 32.9 Å². The molecule has 1 unspecified atom stereocenters. The first-order chi connectivity index (χ1) is 17.0. The van der Waals surface area contributed by atoms with E-state index in [1.807, 2.05) is 32.9 Å². The molecule has 2 fully saturated rings. The monoisotopic (exact) mass is 495 g/mol. The van der Waals surface area contributed by atoms with Crippen LogP contribution in [0, 0.1) is 5.41 Å². The predicted molar refractivity (Wildman–Crippen MR) is 132 cm³/mol. The molecule has 10 heteroatoms. The summed E-state index contributed by atoms with van der Waals surface area (Å²) >= 11 is 0. The zero-order valence-electron chi connectivity index (χ0n) is 20.9. The number of fused-ring (bicyclic) bond motifs is 1. The van der Waals surface area contributed by atoms with Crippen molar-refractivity contribution in [2.45, 2.75) is 71.0 Å². The molecule has 1 atom stereocenters. The van der Waals surface area contributed by atoms with Crippen LogP contribution in [0.4, 0.5) is 9.59 Å². The smallest absolute Gasteiger partial charge is 0.408 e. The van der Waals surface area contributed by atoms with Crippen molar-refractivity contribution >= 4 is 18.1 Å². The van der Waals surface area contributed by atoms with Crippen LogP contribution in [0.15, 0.2) is 24.3 Å². The van der Waals surface area contributed by atoms with Crippen molar-refractivity contribution in [2.24, 2.45) is 16.9 Å². The molecular weight excluding hydrogens is 462 g/mol. The molecule has 1 aromatic heterocycles. The van der Waals surface area contributed by atoms with Crippen LogP contribution in [0.3, 0.4) is 0 Å². The van der Waals surface area contributed by atoms with Gasteiger partial charge in [-0.3, -0.25) is 4.79 Å². The van der Waals surface area contributed by atoms with Gasteiger partial charge in [-0.25, -0.2) is 9.59 Å². The van der Waals surface area contributed by atoms with E-state index < -0.39 is 23.6 Å². The zero-order valence-corrected chi connectivity index (χ0v) is 20.9. The van der Waals surface area contributed by atoms with Gasteiger partial charge in [0.25, 0.3) is 5.91 Å². The molecule has 0 spiro atoms. The number of hydrogen-bond acceptors (Lipinski definition) is 6. The van der Waals surface area contributed by atoms with Crippen LogP contribution in [0.1, 0.15) is 80.2 Å². The van der Waals surface area contributed by atoms with Gasteiger partial charge in [0, 0.05) is 35.3 Å². The minimum absolute atomic E-state index is 0.0942. The fraction of sp³-hybridized carbons (Fsp3) is 0.500. The number of aromatic nitrogens is 1. The van der Waals surface area contributed by atoms with Crippen molar-refractivity contribution in [3.63, 3.8) is 0 Å². The second kappa shape index (κ2) is 8.85. The fourth-order valence-electron chi connectivity index (χ4n) is 5.21. The second-order valence-electron chi connectivity index (χ2n) is 11.0. The molecule has 0 saturated heterocycles. The molecule has 2 aromatic rings. The number of hydrogen-bond donors (Lipinski definition) is 3. The Morgan fingerprint density at radius 2 is 1.61 bits per heavy atom. The molecule has 0 radical (unpaired) electrons. The molecule has 36 heavy (non-hydrogen) atoms. The number of rotatable bonds is 6. The summed E-state index contributed by atoms with van der Waals surface area (Å²) in [7, 11) is 0. The summed E-state index contributed by atoms with van der Waals surface area (Å²) in [6.07, 6.45) is 2.26. The minimum atomic E-state index is -0.923. The van der Waals surface area contributed by atoms with Gasteiger partial charge >= 0.3 is 12.2 Å². The lowest BCUT2D eigenvalue weighted by Crippen LogP contribution is -2.46. The maximum atomic E-state index is 12.5. The SMILES string of the molecule is CC(C)(C)C1c2c(OC(N)=O)c(-c3ccc(C(=O)NC4CC4)cc3)c(C3CC3)n2CCN1OC(N)=O. The normalized spacial score (nSPS) is 19.9. The maximum absolute atomic E-state index is 12.5. The van der Waals surface area contributed by atoms with E-state index >= 15 is 0 Å². The Hall–Kier alpha value is -3.53. The van der Waals surface area contributed by atoms with E-state index in [4.69, 9.17) is 21.0 Å². The van der Waals surface area contributed by atoms with E-state index in [9.17, 15) is 14.4 Å². The molecule has 0 bridgehead atoms. The number of nitrogens with one attached hydrogen (secondary N) is 1. The highest BCUT2D eigenvalue weighted by molar-refractivity contribution is 5.95. The van der Waals surface area contributed by atoms with Crippen molar-refractivity contribution in [3.05, 3.63) is 41.2 Å². The van der Waals surface area contributed by atoms with Crippen LogP contribution >= 0.6 is 0 Å². The van der Waals surface area contributed by atoms with Crippen LogP contribution < -0.4 is 21.5 Å². The summed E-state index contributed by atoms with van der Waals surface area (Å²) in [5, 5.41) is 4.57. The Bertz CT molecular complexity index is 1200. The number of benzene rings is 1. The molecule has 3 amide bonds. The second-order valence-corrected chi connectivity index (χ2v) is 11.0. The summed E-state index contributed by atoms with van der Waals surface area (Å²) in [6.45, 7) is 7.03. The van der Waals surface area contributed by atoms with Crippen molar-refractivity contribution in [1.82, 2.24) is 14.9 Å². The van der Waals surface area contributed by atoms with Crippen LogP contribution in [-0.2, 0) is 11.4 Å². The molecule has 1 aliphatic heterocycles. The Morgan fingerprint density at radius 1 is 0.944 bits per heavy atom. The lowest BCUT2D eigenvalue weighted by atomic mass is 9.83. The van der Waals surface area contributed by atoms with E-state index in [1.54, 1.807) is 17.2 Å². The molecule has 1 aromatic carbocycles. The molecule has 5 rings (SSSR count). The zero-order chi connectivity index (χ0) is 25.8. The first-order valence-corrected chi connectivity index (χ1v) is 12.4. The van der Waals surface area contributed by atoms with Crippen molar-refractivity contribution in [1.29, 1.82) is 0 Å². The highest BCUT2D eigenvalue weighted by Crippen LogP contribution is 2.55. The van der Waals surface area contributed by atoms with Gasteiger partial charge in [0.05, 0.1) is 18.3 Å². The van der Waals surface area contributed by atoms with Crippen LogP contribution in [-0.4, -0.2) is 40.3 Å². The van der Waals surface area contributed by atoms with E-state index in [0.29, 0.717) is 30.3 Å². The van der Waals surface area contributed by atoms with Crippen LogP contribution in [0.2, 0.25) is 0 Å². The number of nitrogens with zero attached hydrogens (tertiary/aromatic N) is 2. The number of hydroxylamine groups is 2. The van der Waals surface area contributed by atoms with Crippen LogP contribution in [0.25, 0.3) is 11.1 Å².